The Bertz CT molecular complexity index is 1410. The third kappa shape index (κ3) is 3.39. The molecule has 1 amide bonds. The van der Waals surface area contributed by atoms with Crippen LogP contribution in [-0.4, -0.2) is 33.3 Å². The number of carbonyl (C=O) groups is 1. The second-order valence-corrected chi connectivity index (χ2v) is 8.90. The molecule has 3 aromatic carbocycles. The van der Waals surface area contributed by atoms with Gasteiger partial charge in [0.05, 0.1) is 5.41 Å². The van der Waals surface area contributed by atoms with Crippen LogP contribution in [0.4, 0.5) is 5.69 Å². The van der Waals surface area contributed by atoms with Gasteiger partial charge in [-0.25, -0.2) is 0 Å². The Morgan fingerprint density at radius 3 is 2.56 bits per heavy atom. The molecule has 1 saturated carbocycles. The number of tetrazole rings is 1. The minimum absolute atomic E-state index is 0.00445. The van der Waals surface area contributed by atoms with Gasteiger partial charge in [-0.3, -0.25) is 4.79 Å². The van der Waals surface area contributed by atoms with E-state index in [1.807, 2.05) is 55.5 Å². The van der Waals surface area contributed by atoms with Crippen LogP contribution in [0.25, 0.3) is 22.5 Å². The Hall–Kier alpha value is -4.20. The first kappa shape index (κ1) is 20.4. The molecule has 2 heterocycles. The number of hydrogen-bond acceptors (Lipinski definition) is 6. The van der Waals surface area contributed by atoms with E-state index in [4.69, 9.17) is 9.47 Å². The third-order valence-electron chi connectivity index (χ3n) is 6.73. The lowest BCUT2D eigenvalue weighted by Crippen LogP contribution is -2.27. The van der Waals surface area contributed by atoms with E-state index < -0.39 is 5.41 Å². The highest BCUT2D eigenvalue weighted by atomic mass is 16.7. The zero-order chi connectivity index (χ0) is 23.3. The molecule has 8 heteroatoms. The minimum atomic E-state index is -0.519. The zero-order valence-corrected chi connectivity index (χ0v) is 18.9. The van der Waals surface area contributed by atoms with Gasteiger partial charge in [0, 0.05) is 11.3 Å². The molecule has 2 aliphatic rings. The number of hydrogen-bond donors (Lipinski definition) is 2. The fraction of sp³-hybridized carbons (Fsp3) is 0.231. The van der Waals surface area contributed by atoms with Gasteiger partial charge in [-0.1, -0.05) is 30.3 Å². The lowest BCUT2D eigenvalue weighted by molar-refractivity contribution is -0.118. The van der Waals surface area contributed by atoms with Gasteiger partial charge in [-0.2, -0.15) is 5.21 Å². The number of nitrogens with zero attached hydrogens (tertiary/aromatic N) is 3. The van der Waals surface area contributed by atoms with Gasteiger partial charge in [0.15, 0.2) is 11.5 Å². The number of ether oxygens (including phenoxy) is 2. The van der Waals surface area contributed by atoms with Crippen molar-refractivity contribution in [3.05, 3.63) is 71.3 Å². The van der Waals surface area contributed by atoms with Crippen molar-refractivity contribution >= 4 is 11.6 Å². The van der Waals surface area contributed by atoms with Crippen LogP contribution < -0.4 is 14.8 Å². The number of anilines is 1. The molecule has 2 N–H and O–H groups in total. The number of fused-ring (bicyclic) bond motifs is 1. The molecular weight excluding hydrogens is 430 g/mol. The highest BCUT2D eigenvalue weighted by molar-refractivity contribution is 6.02. The Balaban J connectivity index is 1.27. The molecule has 8 nitrogen and oxygen atoms in total. The monoisotopic (exact) mass is 453 g/mol. The molecule has 1 aromatic heterocycles. The van der Waals surface area contributed by atoms with Crippen LogP contribution in [0.3, 0.4) is 0 Å². The van der Waals surface area contributed by atoms with Gasteiger partial charge in [0.1, 0.15) is 0 Å². The smallest absolute Gasteiger partial charge is 0.235 e. The van der Waals surface area contributed by atoms with Crippen LogP contribution in [0.2, 0.25) is 0 Å². The number of benzene rings is 3. The number of rotatable bonds is 5. The average Bonchev–Trinajstić information content (AvgIpc) is 3.24. The molecule has 4 aromatic rings. The number of carbonyl (C=O) groups excluding carboxylic acids is 1. The summed E-state index contributed by atoms with van der Waals surface area (Å²) in [5, 5.41) is 17.4. The zero-order valence-electron chi connectivity index (χ0n) is 18.9. The summed E-state index contributed by atoms with van der Waals surface area (Å²) in [6, 6.07) is 18.0. The molecule has 1 fully saturated rings. The number of aryl methyl sites for hydroxylation is 2. The summed E-state index contributed by atoms with van der Waals surface area (Å²) in [6.45, 7) is 4.32. The van der Waals surface area contributed by atoms with E-state index in [2.05, 4.69) is 38.9 Å². The van der Waals surface area contributed by atoms with Crippen molar-refractivity contribution < 1.29 is 14.3 Å². The van der Waals surface area contributed by atoms with E-state index in [9.17, 15) is 4.79 Å². The molecule has 0 saturated heterocycles. The Morgan fingerprint density at radius 2 is 1.79 bits per heavy atom. The molecule has 0 radical (unpaired) electrons. The summed E-state index contributed by atoms with van der Waals surface area (Å²) in [5.41, 5.74) is 6.46. The van der Waals surface area contributed by atoms with Crippen molar-refractivity contribution in [1.82, 2.24) is 20.6 Å². The largest absolute Gasteiger partial charge is 0.454 e. The van der Waals surface area contributed by atoms with Crippen LogP contribution in [0.1, 0.15) is 29.5 Å². The van der Waals surface area contributed by atoms with E-state index in [0.717, 1.165) is 57.7 Å². The van der Waals surface area contributed by atoms with Crippen molar-refractivity contribution in [2.45, 2.75) is 32.1 Å². The average molecular weight is 454 g/mol. The number of amides is 1. The summed E-state index contributed by atoms with van der Waals surface area (Å²) in [7, 11) is 0. The molecule has 170 valence electrons. The van der Waals surface area contributed by atoms with Gasteiger partial charge in [-0.05, 0) is 84.0 Å². The summed E-state index contributed by atoms with van der Waals surface area (Å²) >= 11 is 0. The Kier molecular flexibility index (Phi) is 4.62. The van der Waals surface area contributed by atoms with Crippen molar-refractivity contribution in [2.75, 3.05) is 12.1 Å². The predicted octanol–water partition coefficient (Wildman–Crippen LogP) is 4.55. The van der Waals surface area contributed by atoms with Gasteiger partial charge in [0.2, 0.25) is 18.5 Å². The van der Waals surface area contributed by atoms with E-state index >= 15 is 0 Å². The molecule has 0 bridgehead atoms. The first-order valence-corrected chi connectivity index (χ1v) is 11.2. The third-order valence-corrected chi connectivity index (χ3v) is 6.73. The van der Waals surface area contributed by atoms with Gasteiger partial charge in [0.25, 0.3) is 0 Å². The van der Waals surface area contributed by atoms with Crippen LogP contribution in [-0.2, 0) is 10.2 Å². The fourth-order valence-corrected chi connectivity index (χ4v) is 4.59. The van der Waals surface area contributed by atoms with E-state index in [0.29, 0.717) is 11.6 Å². The van der Waals surface area contributed by atoms with Crippen LogP contribution in [0.5, 0.6) is 11.5 Å². The molecule has 1 aliphatic heterocycles. The summed E-state index contributed by atoms with van der Waals surface area (Å²) in [6.07, 6.45) is 1.63. The first-order valence-electron chi connectivity index (χ1n) is 11.2. The molecule has 0 unspecified atom stereocenters. The molecule has 34 heavy (non-hydrogen) atoms. The fourth-order valence-electron chi connectivity index (χ4n) is 4.59. The molecular formula is C26H23N5O3. The Morgan fingerprint density at radius 1 is 0.941 bits per heavy atom. The van der Waals surface area contributed by atoms with Crippen molar-refractivity contribution in [3.8, 4) is 34.0 Å². The first-order chi connectivity index (χ1) is 16.5. The second-order valence-electron chi connectivity index (χ2n) is 8.90. The molecule has 0 atom stereocenters. The predicted molar refractivity (Wildman–Crippen MR) is 127 cm³/mol. The quantitative estimate of drug-likeness (QED) is 0.460. The highest BCUT2D eigenvalue weighted by Crippen LogP contribution is 2.51. The summed E-state index contributed by atoms with van der Waals surface area (Å²) in [5.74, 6) is 2.00. The number of nitrogens with one attached hydrogen (secondary N) is 2. The molecule has 1 aliphatic carbocycles. The van der Waals surface area contributed by atoms with Crippen LogP contribution >= 0.6 is 0 Å². The lowest BCUT2D eigenvalue weighted by atomic mass is 9.93. The SMILES string of the molecule is Cc1ccc(NC(=O)C2(c3ccc4c(c3)OCO4)CC2)cc1-c1ccc(-c2nn[nH]n2)c(C)c1. The minimum Gasteiger partial charge on any atom is -0.454 e. The van der Waals surface area contributed by atoms with Crippen LogP contribution in [0, 0.1) is 13.8 Å². The maximum atomic E-state index is 13.4. The standard InChI is InChI=1S/C26H23N5O3/c1-15-3-6-19(13-21(15)17-4-7-20(16(2)11-17)24-28-30-31-29-24)27-25(32)26(9-10-26)18-5-8-22-23(12-18)34-14-33-22/h3-8,11-13H,9-10,14H2,1-2H3,(H,27,32)(H,28,29,30,31). The van der Waals surface area contributed by atoms with E-state index in [1.165, 1.54) is 0 Å². The van der Waals surface area contributed by atoms with Crippen molar-refractivity contribution in [2.24, 2.45) is 0 Å². The summed E-state index contributed by atoms with van der Waals surface area (Å²) < 4.78 is 10.9. The second kappa shape index (κ2) is 7.69. The Labute approximate surface area is 196 Å². The number of aromatic nitrogens is 4. The lowest BCUT2D eigenvalue weighted by Gasteiger charge is -2.17. The number of H-pyrrole nitrogens is 1. The van der Waals surface area contributed by atoms with Crippen molar-refractivity contribution in [1.29, 1.82) is 0 Å². The number of aromatic amines is 1. The highest BCUT2D eigenvalue weighted by Gasteiger charge is 2.51. The normalized spacial score (nSPS) is 15.2. The van der Waals surface area contributed by atoms with Crippen LogP contribution in [0.15, 0.2) is 54.6 Å². The van der Waals surface area contributed by atoms with Gasteiger partial charge in [-0.15, -0.1) is 10.2 Å². The topological polar surface area (TPSA) is 102 Å². The molecule has 0 spiro atoms. The maximum Gasteiger partial charge on any atom is 0.235 e. The van der Waals surface area contributed by atoms with Gasteiger partial charge >= 0.3 is 0 Å². The maximum absolute atomic E-state index is 13.4. The van der Waals surface area contributed by atoms with Gasteiger partial charge < -0.3 is 14.8 Å². The summed E-state index contributed by atoms with van der Waals surface area (Å²) in [4.78, 5) is 13.4. The van der Waals surface area contributed by atoms with Crippen molar-refractivity contribution in [3.63, 3.8) is 0 Å². The van der Waals surface area contributed by atoms with E-state index in [1.54, 1.807) is 0 Å². The molecule has 6 rings (SSSR count). The van der Waals surface area contributed by atoms with E-state index in [-0.39, 0.29) is 12.7 Å².